The monoisotopic (exact) mass is 382 g/mol. The molecule has 8 heteroatoms. The van der Waals surface area contributed by atoms with Gasteiger partial charge < -0.3 is 4.52 Å². The maximum Gasteiger partial charge on any atom is 0.263 e. The molecule has 5 nitrogen and oxygen atoms in total. The number of benzene rings is 2. The second kappa shape index (κ2) is 6.47. The van der Waals surface area contributed by atoms with Crippen molar-refractivity contribution >= 4 is 39.0 Å². The summed E-state index contributed by atoms with van der Waals surface area (Å²) < 4.78 is 32.2. The molecule has 1 N–H and O–H groups in total. The molecule has 0 fully saturated rings. The van der Waals surface area contributed by atoms with Crippen LogP contribution in [0.5, 0.6) is 0 Å². The van der Waals surface area contributed by atoms with E-state index in [1.54, 1.807) is 43.3 Å². The lowest BCUT2D eigenvalue weighted by atomic mass is 10.1. The first-order valence-electron chi connectivity index (χ1n) is 6.87. The highest BCUT2D eigenvalue weighted by molar-refractivity contribution is 7.92. The topological polar surface area (TPSA) is 72.2 Å². The van der Waals surface area contributed by atoms with Gasteiger partial charge in [-0.1, -0.05) is 46.6 Å². The largest absolute Gasteiger partial charge is 0.360 e. The summed E-state index contributed by atoms with van der Waals surface area (Å²) in [4.78, 5) is 0.103. The predicted octanol–water partition coefficient (Wildman–Crippen LogP) is 4.76. The third-order valence-corrected chi connectivity index (χ3v) is 5.36. The SMILES string of the molecule is Cc1cc(NS(=O)(=O)c2cccc(-c3ccc(Cl)c(Cl)c3)c2)no1. The molecule has 0 aliphatic heterocycles. The Labute approximate surface area is 149 Å². The molecule has 0 aliphatic rings. The number of nitrogens with zero attached hydrogens (tertiary/aromatic N) is 1. The van der Waals surface area contributed by atoms with Gasteiger partial charge in [0.05, 0.1) is 14.9 Å². The minimum absolute atomic E-state index is 0.103. The van der Waals surface area contributed by atoms with Gasteiger partial charge in [-0.15, -0.1) is 0 Å². The second-order valence-corrected chi connectivity index (χ2v) is 7.58. The Morgan fingerprint density at radius 1 is 1.00 bits per heavy atom. The molecule has 0 unspecified atom stereocenters. The first kappa shape index (κ1) is 16.8. The maximum atomic E-state index is 12.5. The van der Waals surface area contributed by atoms with Crippen molar-refractivity contribution < 1.29 is 12.9 Å². The second-order valence-electron chi connectivity index (χ2n) is 5.09. The molecule has 0 atom stereocenters. The minimum atomic E-state index is -3.78. The van der Waals surface area contributed by atoms with Gasteiger partial charge in [-0.3, -0.25) is 4.72 Å². The van der Waals surface area contributed by atoms with E-state index < -0.39 is 10.0 Å². The fourth-order valence-corrected chi connectivity index (χ4v) is 3.46. The van der Waals surface area contributed by atoms with E-state index in [1.165, 1.54) is 12.1 Å². The van der Waals surface area contributed by atoms with Gasteiger partial charge in [-0.05, 0) is 42.3 Å². The summed E-state index contributed by atoms with van der Waals surface area (Å²) in [6.45, 7) is 1.68. The van der Waals surface area contributed by atoms with Crippen LogP contribution in [0.1, 0.15) is 5.76 Å². The molecule has 2 aromatic carbocycles. The van der Waals surface area contributed by atoms with E-state index in [4.69, 9.17) is 27.7 Å². The van der Waals surface area contributed by atoms with Crippen LogP contribution in [-0.2, 0) is 10.0 Å². The number of sulfonamides is 1. The van der Waals surface area contributed by atoms with Gasteiger partial charge in [0.2, 0.25) is 0 Å². The number of aromatic nitrogens is 1. The van der Waals surface area contributed by atoms with Gasteiger partial charge in [0.25, 0.3) is 10.0 Å². The summed E-state index contributed by atoms with van der Waals surface area (Å²) in [7, 11) is -3.78. The molecule has 3 aromatic rings. The lowest BCUT2D eigenvalue weighted by Crippen LogP contribution is -2.13. The predicted molar refractivity (Wildman–Crippen MR) is 93.9 cm³/mol. The molecule has 0 radical (unpaired) electrons. The van der Waals surface area contributed by atoms with E-state index in [-0.39, 0.29) is 10.7 Å². The molecular weight excluding hydrogens is 371 g/mol. The Balaban J connectivity index is 1.96. The minimum Gasteiger partial charge on any atom is -0.360 e. The van der Waals surface area contributed by atoms with Crippen LogP contribution in [-0.4, -0.2) is 13.6 Å². The summed E-state index contributed by atoms with van der Waals surface area (Å²) in [6.07, 6.45) is 0. The summed E-state index contributed by atoms with van der Waals surface area (Å²) in [5, 5.41) is 4.47. The van der Waals surface area contributed by atoms with Crippen molar-refractivity contribution in [3.8, 4) is 11.1 Å². The highest BCUT2D eigenvalue weighted by Gasteiger charge is 2.17. The van der Waals surface area contributed by atoms with Crippen LogP contribution in [0.15, 0.2) is 57.9 Å². The molecule has 124 valence electrons. The summed E-state index contributed by atoms with van der Waals surface area (Å²) >= 11 is 11.9. The molecule has 0 spiro atoms. The van der Waals surface area contributed by atoms with Crippen molar-refractivity contribution in [3.63, 3.8) is 0 Å². The number of halogens is 2. The van der Waals surface area contributed by atoms with E-state index in [2.05, 4.69) is 9.88 Å². The highest BCUT2D eigenvalue weighted by atomic mass is 35.5. The van der Waals surface area contributed by atoms with E-state index >= 15 is 0 Å². The zero-order chi connectivity index (χ0) is 17.3. The van der Waals surface area contributed by atoms with Gasteiger partial charge in [-0.2, -0.15) is 0 Å². The Bertz CT molecular complexity index is 1000. The number of aryl methyl sites for hydroxylation is 1. The number of hydrogen-bond acceptors (Lipinski definition) is 4. The molecule has 3 rings (SSSR count). The van der Waals surface area contributed by atoms with E-state index in [1.807, 2.05) is 0 Å². The zero-order valence-corrected chi connectivity index (χ0v) is 14.8. The number of rotatable bonds is 4. The Kier molecular flexibility index (Phi) is 4.54. The lowest BCUT2D eigenvalue weighted by molar-refractivity contribution is 0.400. The van der Waals surface area contributed by atoms with Crippen molar-refractivity contribution in [2.24, 2.45) is 0 Å². The average Bonchev–Trinajstić information content (AvgIpc) is 2.94. The quantitative estimate of drug-likeness (QED) is 0.705. The van der Waals surface area contributed by atoms with Crippen LogP contribution in [0.2, 0.25) is 10.0 Å². The standard InChI is InChI=1S/C16H12Cl2N2O3S/c1-10-7-16(19-23-10)20-24(21,22)13-4-2-3-11(8-13)12-5-6-14(17)15(18)9-12/h2-9H,1H3,(H,19,20). The van der Waals surface area contributed by atoms with E-state index in [0.29, 0.717) is 21.4 Å². The summed E-state index contributed by atoms with van der Waals surface area (Å²) in [6, 6.07) is 13.1. The molecule has 0 bridgehead atoms. The van der Waals surface area contributed by atoms with Crippen LogP contribution < -0.4 is 4.72 Å². The normalized spacial score (nSPS) is 11.5. The zero-order valence-electron chi connectivity index (χ0n) is 12.5. The van der Waals surface area contributed by atoms with Crippen molar-refractivity contribution in [1.82, 2.24) is 5.16 Å². The molecule has 24 heavy (non-hydrogen) atoms. The van der Waals surface area contributed by atoms with E-state index in [9.17, 15) is 8.42 Å². The Morgan fingerprint density at radius 3 is 2.42 bits per heavy atom. The molecule has 0 saturated heterocycles. The van der Waals surface area contributed by atoms with Crippen LogP contribution in [0.4, 0.5) is 5.82 Å². The number of nitrogens with one attached hydrogen (secondary N) is 1. The highest BCUT2D eigenvalue weighted by Crippen LogP contribution is 2.29. The van der Waals surface area contributed by atoms with Crippen molar-refractivity contribution in [2.75, 3.05) is 4.72 Å². The number of anilines is 1. The first-order valence-corrected chi connectivity index (χ1v) is 9.11. The van der Waals surface area contributed by atoms with Crippen LogP contribution >= 0.6 is 23.2 Å². The van der Waals surface area contributed by atoms with Gasteiger partial charge in [0, 0.05) is 6.07 Å². The third-order valence-electron chi connectivity index (χ3n) is 3.26. The fraction of sp³-hybridized carbons (Fsp3) is 0.0625. The van der Waals surface area contributed by atoms with Gasteiger partial charge in [0.1, 0.15) is 5.76 Å². The Morgan fingerprint density at radius 2 is 1.75 bits per heavy atom. The Hall–Kier alpha value is -2.02. The summed E-state index contributed by atoms with van der Waals surface area (Å²) in [5.41, 5.74) is 1.46. The van der Waals surface area contributed by atoms with Crippen LogP contribution in [0, 0.1) is 6.92 Å². The van der Waals surface area contributed by atoms with Gasteiger partial charge in [-0.25, -0.2) is 8.42 Å². The molecule has 0 saturated carbocycles. The smallest absolute Gasteiger partial charge is 0.263 e. The van der Waals surface area contributed by atoms with Crippen LogP contribution in [0.25, 0.3) is 11.1 Å². The molecule has 0 aliphatic carbocycles. The van der Waals surface area contributed by atoms with E-state index in [0.717, 1.165) is 5.56 Å². The third kappa shape index (κ3) is 3.56. The van der Waals surface area contributed by atoms with Gasteiger partial charge >= 0.3 is 0 Å². The molecule has 0 amide bonds. The lowest BCUT2D eigenvalue weighted by Gasteiger charge is -2.08. The van der Waals surface area contributed by atoms with Crippen molar-refractivity contribution in [1.29, 1.82) is 0 Å². The number of hydrogen-bond donors (Lipinski definition) is 1. The molecule has 1 aromatic heterocycles. The fourth-order valence-electron chi connectivity index (χ4n) is 2.13. The van der Waals surface area contributed by atoms with Crippen molar-refractivity contribution in [2.45, 2.75) is 11.8 Å². The molecule has 1 heterocycles. The average molecular weight is 383 g/mol. The van der Waals surface area contributed by atoms with Crippen molar-refractivity contribution in [3.05, 3.63) is 64.3 Å². The first-order chi connectivity index (χ1) is 11.3. The van der Waals surface area contributed by atoms with Crippen LogP contribution in [0.3, 0.4) is 0 Å². The molecular formula is C16H12Cl2N2O3S. The van der Waals surface area contributed by atoms with Gasteiger partial charge in [0.15, 0.2) is 5.82 Å². The summed E-state index contributed by atoms with van der Waals surface area (Å²) in [5.74, 6) is 0.643. The maximum absolute atomic E-state index is 12.5.